The van der Waals surface area contributed by atoms with Gasteiger partial charge in [0.05, 0.1) is 5.69 Å². The van der Waals surface area contributed by atoms with Crippen molar-refractivity contribution in [2.24, 2.45) is 0 Å². The summed E-state index contributed by atoms with van der Waals surface area (Å²) in [6.45, 7) is 7.26. The molecule has 0 radical (unpaired) electrons. The summed E-state index contributed by atoms with van der Waals surface area (Å²) in [4.78, 5) is 4.30. The minimum absolute atomic E-state index is 0.0739. The largest absolute Gasteiger partial charge is 0.384 e. The van der Waals surface area contributed by atoms with Gasteiger partial charge in [-0.25, -0.2) is 8.10 Å². The quantitative estimate of drug-likeness (QED) is 0.551. The molecule has 2 N–H and O–H groups in total. The van der Waals surface area contributed by atoms with Crippen LogP contribution in [-0.4, -0.2) is 20.2 Å². The molecular weight excluding hydrogens is 444 g/mol. The topological polar surface area (TPSA) is 51.4 Å². The number of aromatic nitrogens is 1. The molecule has 0 aliphatic carbocycles. The minimum atomic E-state index is -0.0739. The lowest BCUT2D eigenvalue weighted by Gasteiger charge is -2.31. The molecule has 1 rings (SSSR count). The van der Waals surface area contributed by atoms with Crippen molar-refractivity contribution in [2.45, 2.75) is 32.4 Å². The summed E-state index contributed by atoms with van der Waals surface area (Å²) in [6.07, 6.45) is -0.0739. The summed E-state index contributed by atoms with van der Waals surface area (Å²) in [6, 6.07) is 5.61. The third-order valence-electron chi connectivity index (χ3n) is 2.28. The number of nitrogens with two attached hydrogens (primary N) is 1. The molecule has 4 nitrogen and oxygen atoms in total. The first-order chi connectivity index (χ1) is 7.84. The highest BCUT2D eigenvalue weighted by Gasteiger charge is 2.24. The first-order valence-corrected chi connectivity index (χ1v) is 7.12. The number of nitrogen functional groups attached to an aromatic ring is 1. The van der Waals surface area contributed by atoms with Gasteiger partial charge in [-0.15, -0.1) is 0 Å². The van der Waals surface area contributed by atoms with E-state index in [0.29, 0.717) is 5.82 Å². The van der Waals surface area contributed by atoms with Gasteiger partial charge in [-0.3, -0.25) is 0 Å². The molecule has 1 atom stereocenters. The van der Waals surface area contributed by atoms with E-state index < -0.39 is 0 Å². The van der Waals surface area contributed by atoms with Crippen molar-refractivity contribution < 1.29 is 3.07 Å². The van der Waals surface area contributed by atoms with Gasteiger partial charge >= 0.3 is 0 Å². The molecule has 1 aromatic heterocycles. The molecule has 0 aromatic carbocycles. The highest BCUT2D eigenvalue weighted by molar-refractivity contribution is 14.1. The number of hydrogen-bond acceptors (Lipinski definition) is 4. The molecule has 0 saturated carbocycles. The monoisotopic (exact) mass is 461 g/mol. The highest BCUT2D eigenvalue weighted by atomic mass is 127. The van der Waals surface area contributed by atoms with Gasteiger partial charge in [0.1, 0.15) is 34.9 Å². The van der Waals surface area contributed by atoms with Crippen LogP contribution in [0.3, 0.4) is 0 Å². The second kappa shape index (κ2) is 6.48. The molecule has 0 spiro atoms. The number of pyridine rings is 1. The van der Waals surface area contributed by atoms with Crippen molar-refractivity contribution in [2.75, 3.05) is 12.3 Å². The van der Waals surface area contributed by atoms with Gasteiger partial charge in [0.15, 0.2) is 0 Å². The number of nitrogens with zero attached hydrogens (tertiary/aromatic N) is 2. The lowest BCUT2D eigenvalue weighted by atomic mass is 10.1. The van der Waals surface area contributed by atoms with Crippen LogP contribution in [0.25, 0.3) is 0 Å². The van der Waals surface area contributed by atoms with Crippen LogP contribution in [0, 0.1) is 0 Å². The highest BCUT2D eigenvalue weighted by Crippen LogP contribution is 2.26. The average Bonchev–Trinajstić information content (AvgIpc) is 2.24. The van der Waals surface area contributed by atoms with E-state index in [0.717, 1.165) is 12.2 Å². The van der Waals surface area contributed by atoms with E-state index in [1.165, 1.54) is 0 Å². The van der Waals surface area contributed by atoms with E-state index in [1.807, 2.05) is 35.1 Å². The molecular formula is C11H17I2N3O. The second-order valence-electron chi connectivity index (χ2n) is 4.78. The Labute approximate surface area is 130 Å². The van der Waals surface area contributed by atoms with Crippen molar-refractivity contribution in [3.63, 3.8) is 0 Å². The Morgan fingerprint density at radius 3 is 2.59 bits per heavy atom. The third kappa shape index (κ3) is 4.84. The van der Waals surface area contributed by atoms with Crippen LogP contribution in [0.1, 0.15) is 32.6 Å². The van der Waals surface area contributed by atoms with Gasteiger partial charge in [-0.2, -0.15) is 0 Å². The summed E-state index contributed by atoms with van der Waals surface area (Å²) in [5, 5.41) is 0. The predicted molar refractivity (Wildman–Crippen MR) is 87.0 cm³/mol. The molecule has 0 aliphatic rings. The zero-order chi connectivity index (χ0) is 13.1. The summed E-state index contributed by atoms with van der Waals surface area (Å²) in [5.41, 5.74) is 6.64. The Hall–Kier alpha value is 0.330. The smallest absolute Gasteiger partial charge is 0.125 e. The minimum Gasteiger partial charge on any atom is -0.384 e. The van der Waals surface area contributed by atoms with Gasteiger partial charge < -0.3 is 8.80 Å². The van der Waals surface area contributed by atoms with Crippen molar-refractivity contribution in [1.82, 2.24) is 8.10 Å². The Bertz CT molecular complexity index is 368. The molecule has 0 bridgehead atoms. The first-order valence-electron chi connectivity index (χ1n) is 5.28. The molecule has 0 saturated heterocycles. The lowest BCUT2D eigenvalue weighted by molar-refractivity contribution is 0.195. The Kier molecular flexibility index (Phi) is 5.87. The molecule has 1 aromatic rings. The van der Waals surface area contributed by atoms with Crippen LogP contribution in [0.5, 0.6) is 0 Å². The molecule has 96 valence electrons. The Morgan fingerprint density at radius 2 is 2.12 bits per heavy atom. The Morgan fingerprint density at radius 1 is 1.47 bits per heavy atom. The molecule has 6 heteroatoms. The van der Waals surface area contributed by atoms with Gasteiger partial charge in [-0.05, 0) is 32.9 Å². The van der Waals surface area contributed by atoms with Gasteiger partial charge in [-0.1, -0.05) is 6.07 Å². The van der Waals surface area contributed by atoms with Crippen LogP contribution in [0.4, 0.5) is 5.82 Å². The van der Waals surface area contributed by atoms with Gasteiger partial charge in [0, 0.05) is 34.9 Å². The van der Waals surface area contributed by atoms with Crippen molar-refractivity contribution >= 4 is 51.7 Å². The Balaban J connectivity index is 2.79. The third-order valence-corrected chi connectivity index (χ3v) is 4.74. The zero-order valence-corrected chi connectivity index (χ0v) is 14.5. The predicted octanol–water partition coefficient (Wildman–Crippen LogP) is 3.52. The summed E-state index contributed by atoms with van der Waals surface area (Å²) in [5.74, 6) is 0.525. The maximum absolute atomic E-state index is 5.68. The van der Waals surface area contributed by atoms with Crippen LogP contribution in [0.2, 0.25) is 0 Å². The van der Waals surface area contributed by atoms with Gasteiger partial charge in [0.2, 0.25) is 0 Å². The average molecular weight is 461 g/mol. The normalized spacial score (nSPS) is 14.0. The maximum Gasteiger partial charge on any atom is 0.125 e. The van der Waals surface area contributed by atoms with Crippen LogP contribution < -0.4 is 5.73 Å². The summed E-state index contributed by atoms with van der Waals surface area (Å²) >= 11 is 4.23. The number of hydrogen-bond donors (Lipinski definition) is 1. The molecule has 0 fully saturated rings. The standard InChI is InChI=1S/C11H17I2N3O/c1-11(2,3)16(12)7-9(17-13)8-5-4-6-10(14)15-8/h4-6,9H,7H2,1-3H3,(H2,14,15). The summed E-state index contributed by atoms with van der Waals surface area (Å²) < 4.78 is 7.67. The number of anilines is 1. The number of rotatable bonds is 4. The van der Waals surface area contributed by atoms with E-state index in [1.54, 1.807) is 6.07 Å². The maximum atomic E-state index is 5.68. The fourth-order valence-corrected chi connectivity index (χ4v) is 2.01. The fraction of sp³-hybridized carbons (Fsp3) is 0.545. The van der Waals surface area contributed by atoms with Crippen molar-refractivity contribution in [3.8, 4) is 0 Å². The van der Waals surface area contributed by atoms with E-state index >= 15 is 0 Å². The van der Waals surface area contributed by atoms with Gasteiger partial charge in [0.25, 0.3) is 0 Å². The van der Waals surface area contributed by atoms with E-state index in [4.69, 9.17) is 8.80 Å². The SMILES string of the molecule is CC(C)(C)N(I)CC(OI)c1cccc(N)n1. The van der Waals surface area contributed by atoms with E-state index in [2.05, 4.69) is 51.7 Å². The molecule has 0 aliphatic heterocycles. The molecule has 17 heavy (non-hydrogen) atoms. The van der Waals surface area contributed by atoms with E-state index in [-0.39, 0.29) is 11.6 Å². The summed E-state index contributed by atoms with van der Waals surface area (Å²) in [7, 11) is 0. The van der Waals surface area contributed by atoms with Crippen LogP contribution >= 0.6 is 45.9 Å². The van der Waals surface area contributed by atoms with E-state index in [9.17, 15) is 0 Å². The molecule has 0 amide bonds. The molecule has 1 unspecified atom stereocenters. The van der Waals surface area contributed by atoms with Crippen LogP contribution in [0.15, 0.2) is 18.2 Å². The first kappa shape index (κ1) is 15.4. The molecule has 1 heterocycles. The second-order valence-corrected chi connectivity index (χ2v) is 6.45. The fourth-order valence-electron chi connectivity index (χ4n) is 1.24. The van der Waals surface area contributed by atoms with Crippen molar-refractivity contribution in [3.05, 3.63) is 23.9 Å². The number of halogens is 2. The zero-order valence-electron chi connectivity index (χ0n) is 10.2. The van der Waals surface area contributed by atoms with Crippen molar-refractivity contribution in [1.29, 1.82) is 0 Å². The lowest BCUT2D eigenvalue weighted by Crippen LogP contribution is -2.36. The van der Waals surface area contributed by atoms with Crippen LogP contribution in [-0.2, 0) is 3.07 Å².